The molecular weight excluding hydrogens is 574 g/mol. The first kappa shape index (κ1) is 32.2. The summed E-state index contributed by atoms with van der Waals surface area (Å²) in [4.78, 5) is 29.9. The highest BCUT2D eigenvalue weighted by Gasteiger charge is 2.57. The minimum atomic E-state index is -1.02. The number of aromatic nitrogens is 2. The van der Waals surface area contributed by atoms with E-state index in [0.717, 1.165) is 43.2 Å². The Labute approximate surface area is 273 Å². The monoisotopic (exact) mass is 623 g/mol. The molecule has 0 radical (unpaired) electrons. The second-order valence-electron chi connectivity index (χ2n) is 13.9. The molecule has 244 valence electrons. The van der Waals surface area contributed by atoms with Gasteiger partial charge in [-0.1, -0.05) is 87.9 Å². The van der Waals surface area contributed by atoms with Crippen LogP contribution in [0.1, 0.15) is 84.6 Å². The summed E-state index contributed by atoms with van der Waals surface area (Å²) < 4.78 is 13.5. The van der Waals surface area contributed by atoms with Gasteiger partial charge in [-0.05, 0) is 79.4 Å². The number of fused-ring (bicyclic) bond motifs is 6. The number of hydrogen-bond donors (Lipinski definition) is 1. The summed E-state index contributed by atoms with van der Waals surface area (Å²) in [6.45, 7) is 9.11. The lowest BCUT2D eigenvalue weighted by Crippen LogP contribution is -2.50. The first-order valence-electron chi connectivity index (χ1n) is 17.2. The number of nitrogens with zero attached hydrogens (tertiary/aromatic N) is 2. The number of carbonyl (C=O) groups is 2. The Morgan fingerprint density at radius 2 is 1.70 bits per heavy atom. The maximum atomic E-state index is 12.9. The van der Waals surface area contributed by atoms with Gasteiger partial charge < -0.3 is 19.8 Å². The lowest BCUT2D eigenvalue weighted by Gasteiger charge is -2.57. The molecule has 0 amide bonds. The van der Waals surface area contributed by atoms with E-state index in [1.807, 2.05) is 50.5 Å². The fourth-order valence-corrected chi connectivity index (χ4v) is 9.11. The summed E-state index contributed by atoms with van der Waals surface area (Å²) in [5.41, 5.74) is 12.3. The predicted molar refractivity (Wildman–Crippen MR) is 181 cm³/mol. The quantitative estimate of drug-likeness (QED) is 0.213. The molecule has 0 bridgehead atoms. The molecule has 2 aromatic carbocycles. The number of carbonyl (C=O) groups excluding carboxylic acids is 2. The largest absolute Gasteiger partial charge is 0.461 e. The predicted octanol–water partition coefficient (Wildman–Crippen LogP) is 7.85. The molecule has 4 aliphatic rings. The van der Waals surface area contributed by atoms with Gasteiger partial charge in [0.15, 0.2) is 0 Å². The first-order valence-corrected chi connectivity index (χ1v) is 17.2. The van der Waals surface area contributed by atoms with Gasteiger partial charge >= 0.3 is 11.9 Å². The van der Waals surface area contributed by atoms with Crippen LogP contribution >= 0.6 is 0 Å². The molecule has 0 saturated heterocycles. The van der Waals surface area contributed by atoms with E-state index < -0.39 is 18.0 Å². The normalized spacial score (nSPS) is 30.4. The Balaban J connectivity index is 0.00000182. The standard InChI is InChI=1S/C37H43N3O4.C2H6/c1-36-18-16-26(44-35(42)30(38)21-34(41)43-22-24-8-4-3-5-9-24)20-25(36)12-13-27-28-14-15-33(37(28,2)19-17-29(27)36)40-23-39-31-10-6-7-11-32(31)40;1-2/h3-12,15,23,26-30H,13-14,16-22,38H2,1-2H3;1-2H3. The third-order valence-electron chi connectivity index (χ3n) is 11.5. The zero-order chi connectivity index (χ0) is 32.5. The molecule has 7 nitrogen and oxygen atoms in total. The van der Waals surface area contributed by atoms with Crippen molar-refractivity contribution in [3.8, 4) is 0 Å². The molecule has 2 N–H and O–H groups in total. The molecule has 2 saturated carbocycles. The summed E-state index contributed by atoms with van der Waals surface area (Å²) in [6, 6.07) is 16.9. The molecule has 46 heavy (non-hydrogen) atoms. The summed E-state index contributed by atoms with van der Waals surface area (Å²) in [6.07, 6.45) is 13.7. The smallest absolute Gasteiger partial charge is 0.323 e. The molecule has 7 rings (SSSR count). The van der Waals surface area contributed by atoms with E-state index >= 15 is 0 Å². The van der Waals surface area contributed by atoms with Crippen molar-refractivity contribution < 1.29 is 19.1 Å². The van der Waals surface area contributed by atoms with Crippen molar-refractivity contribution in [2.75, 3.05) is 0 Å². The van der Waals surface area contributed by atoms with E-state index in [2.05, 4.69) is 54.8 Å². The second kappa shape index (κ2) is 13.2. The van der Waals surface area contributed by atoms with Gasteiger partial charge in [-0.15, -0.1) is 0 Å². The van der Waals surface area contributed by atoms with Gasteiger partial charge in [-0.2, -0.15) is 0 Å². The van der Waals surface area contributed by atoms with E-state index in [-0.39, 0.29) is 30.0 Å². The maximum absolute atomic E-state index is 12.9. The molecule has 0 spiro atoms. The van der Waals surface area contributed by atoms with Gasteiger partial charge in [0.05, 0.1) is 17.5 Å². The molecule has 3 aromatic rings. The van der Waals surface area contributed by atoms with Gasteiger partial charge in [0, 0.05) is 17.5 Å². The van der Waals surface area contributed by atoms with Crippen LogP contribution < -0.4 is 5.73 Å². The van der Waals surface area contributed by atoms with E-state index in [1.165, 1.54) is 29.6 Å². The third kappa shape index (κ3) is 5.83. The summed E-state index contributed by atoms with van der Waals surface area (Å²) in [7, 11) is 0. The van der Waals surface area contributed by atoms with Crippen molar-refractivity contribution >= 4 is 28.7 Å². The van der Waals surface area contributed by atoms with Crippen molar-refractivity contribution in [2.24, 2.45) is 34.3 Å². The van der Waals surface area contributed by atoms with Gasteiger partial charge in [-0.3, -0.25) is 9.59 Å². The second-order valence-corrected chi connectivity index (χ2v) is 13.9. The number of ether oxygens (including phenoxy) is 2. The van der Waals surface area contributed by atoms with Crippen LogP contribution in [-0.2, 0) is 25.7 Å². The molecule has 7 unspecified atom stereocenters. The van der Waals surface area contributed by atoms with Crippen LogP contribution in [0.25, 0.3) is 16.7 Å². The molecular formula is C39H49N3O4. The topological polar surface area (TPSA) is 96.4 Å². The van der Waals surface area contributed by atoms with Crippen LogP contribution in [0.3, 0.4) is 0 Å². The van der Waals surface area contributed by atoms with Crippen LogP contribution in [0.15, 0.2) is 78.6 Å². The average Bonchev–Trinajstić information content (AvgIpc) is 3.65. The first-order chi connectivity index (χ1) is 22.3. The molecule has 1 aromatic heterocycles. The van der Waals surface area contributed by atoms with Crippen LogP contribution in [-0.4, -0.2) is 33.6 Å². The minimum absolute atomic E-state index is 0.126. The highest BCUT2D eigenvalue weighted by Crippen LogP contribution is 2.65. The third-order valence-corrected chi connectivity index (χ3v) is 11.5. The molecule has 2 fully saturated rings. The van der Waals surface area contributed by atoms with E-state index in [9.17, 15) is 9.59 Å². The summed E-state index contributed by atoms with van der Waals surface area (Å²) in [5, 5.41) is 0. The molecule has 0 aliphatic heterocycles. The zero-order valence-electron chi connectivity index (χ0n) is 27.8. The Bertz CT molecular complexity index is 1630. The Morgan fingerprint density at radius 3 is 2.50 bits per heavy atom. The lowest BCUT2D eigenvalue weighted by molar-refractivity contribution is -0.157. The Kier molecular flexibility index (Phi) is 9.24. The number of allylic oxidation sites excluding steroid dienone is 3. The SMILES string of the molecule is CC.CC12CCC(OC(=O)C(N)CC(=O)OCc3ccccc3)CC1=CCC1C2CCC2(C)C(n3cnc4ccccc43)=CCC12. The van der Waals surface area contributed by atoms with Gasteiger partial charge in [0.1, 0.15) is 25.1 Å². The highest BCUT2D eigenvalue weighted by atomic mass is 16.5. The van der Waals surface area contributed by atoms with Crippen molar-refractivity contribution in [3.63, 3.8) is 0 Å². The van der Waals surface area contributed by atoms with Crippen molar-refractivity contribution in [1.82, 2.24) is 9.55 Å². The van der Waals surface area contributed by atoms with E-state index in [1.54, 1.807) is 0 Å². The number of esters is 2. The maximum Gasteiger partial charge on any atom is 0.323 e. The number of hydrogen-bond acceptors (Lipinski definition) is 6. The van der Waals surface area contributed by atoms with Crippen LogP contribution in [0.2, 0.25) is 0 Å². The number of nitrogens with two attached hydrogens (primary N) is 1. The van der Waals surface area contributed by atoms with Crippen LogP contribution in [0.4, 0.5) is 0 Å². The van der Waals surface area contributed by atoms with Gasteiger partial charge in [0.25, 0.3) is 0 Å². The summed E-state index contributed by atoms with van der Waals surface area (Å²) in [5.74, 6) is 0.869. The molecule has 4 aliphatic carbocycles. The number of para-hydroxylation sites is 2. The zero-order valence-corrected chi connectivity index (χ0v) is 27.8. The molecule has 7 heteroatoms. The van der Waals surface area contributed by atoms with Crippen LogP contribution in [0, 0.1) is 28.6 Å². The Hall–Kier alpha value is -3.71. The van der Waals surface area contributed by atoms with E-state index in [0.29, 0.717) is 17.8 Å². The average molecular weight is 624 g/mol. The summed E-state index contributed by atoms with van der Waals surface area (Å²) >= 11 is 0. The van der Waals surface area contributed by atoms with E-state index in [4.69, 9.17) is 20.2 Å². The highest BCUT2D eigenvalue weighted by molar-refractivity contribution is 5.82. The number of imidazole rings is 1. The lowest BCUT2D eigenvalue weighted by atomic mass is 9.47. The van der Waals surface area contributed by atoms with Gasteiger partial charge in [0.2, 0.25) is 0 Å². The molecule has 1 heterocycles. The fraction of sp³-hybridized carbons (Fsp3) is 0.513. The Morgan fingerprint density at radius 1 is 0.957 bits per heavy atom. The van der Waals surface area contributed by atoms with Crippen molar-refractivity contribution in [2.45, 2.75) is 97.8 Å². The molecule has 7 atom stereocenters. The van der Waals surface area contributed by atoms with Crippen molar-refractivity contribution in [1.29, 1.82) is 0 Å². The fourth-order valence-electron chi connectivity index (χ4n) is 9.11. The number of benzene rings is 2. The van der Waals surface area contributed by atoms with Crippen LogP contribution in [0.5, 0.6) is 0 Å². The number of rotatable bonds is 7. The van der Waals surface area contributed by atoms with Crippen molar-refractivity contribution in [3.05, 3.63) is 84.2 Å². The minimum Gasteiger partial charge on any atom is -0.461 e. The van der Waals surface area contributed by atoms with Gasteiger partial charge in [-0.25, -0.2) is 4.98 Å².